The molecule has 2 rings (SSSR count). The van der Waals surface area contributed by atoms with Crippen LogP contribution in [0.15, 0.2) is 24.3 Å². The summed E-state index contributed by atoms with van der Waals surface area (Å²) in [5.74, 6) is -0.949. The Morgan fingerprint density at radius 2 is 2.00 bits per heavy atom. The van der Waals surface area contributed by atoms with Gasteiger partial charge in [0.25, 0.3) is 0 Å². The highest BCUT2D eigenvalue weighted by Gasteiger charge is 2.35. The van der Waals surface area contributed by atoms with Crippen LogP contribution in [0.1, 0.15) is 17.5 Å². The first-order valence-electron chi connectivity index (χ1n) is 5.83. The number of halogens is 4. The van der Waals surface area contributed by atoms with E-state index in [1.807, 2.05) is 0 Å². The Morgan fingerprint density at radius 3 is 2.50 bits per heavy atom. The van der Waals surface area contributed by atoms with Gasteiger partial charge in [-0.15, -0.1) is 0 Å². The molecular formula is C13H11F4NO2. The molecule has 0 unspecified atom stereocenters. The summed E-state index contributed by atoms with van der Waals surface area (Å²) in [6.07, 6.45) is -4.42. The molecule has 1 aliphatic rings. The highest BCUT2D eigenvalue weighted by molar-refractivity contribution is 5.73. The maximum Gasteiger partial charge on any atom is 0.417 e. The molecule has 20 heavy (non-hydrogen) atoms. The Hall–Kier alpha value is -2.05. The van der Waals surface area contributed by atoms with Crippen LogP contribution in [0.4, 0.5) is 22.4 Å². The van der Waals surface area contributed by atoms with Gasteiger partial charge < -0.3 is 10.0 Å². The molecule has 0 radical (unpaired) electrons. The van der Waals surface area contributed by atoms with Gasteiger partial charge in [0, 0.05) is 18.7 Å². The average Bonchev–Trinajstić information content (AvgIpc) is 2.37. The fraction of sp³-hybridized carbons (Fsp3) is 0.308. The summed E-state index contributed by atoms with van der Waals surface area (Å²) < 4.78 is 52.4. The number of carboxylic acid groups (broad SMARTS) is 1. The largest absolute Gasteiger partial charge is 0.465 e. The molecule has 0 bridgehead atoms. The minimum atomic E-state index is -4.65. The van der Waals surface area contributed by atoms with Crippen LogP contribution in [-0.2, 0) is 6.18 Å². The fourth-order valence-electron chi connectivity index (χ4n) is 2.16. The minimum absolute atomic E-state index is 0.0453. The molecule has 0 saturated carbocycles. The topological polar surface area (TPSA) is 40.5 Å². The van der Waals surface area contributed by atoms with Gasteiger partial charge in [-0.1, -0.05) is 12.1 Å². The van der Waals surface area contributed by atoms with Gasteiger partial charge in [-0.3, -0.25) is 0 Å². The zero-order valence-electron chi connectivity index (χ0n) is 10.2. The van der Waals surface area contributed by atoms with E-state index in [9.17, 15) is 22.4 Å². The normalized spacial score (nSPS) is 16.0. The van der Waals surface area contributed by atoms with Crippen LogP contribution in [0.25, 0.3) is 5.57 Å². The Bertz CT molecular complexity index is 566. The first-order chi connectivity index (χ1) is 9.30. The molecule has 1 amide bonds. The molecule has 0 fully saturated rings. The summed E-state index contributed by atoms with van der Waals surface area (Å²) in [6.45, 7) is 0.00307. The molecule has 1 heterocycles. The van der Waals surface area contributed by atoms with E-state index in [1.165, 1.54) is 6.08 Å². The van der Waals surface area contributed by atoms with Crippen molar-refractivity contribution < 1.29 is 27.5 Å². The second-order valence-electron chi connectivity index (χ2n) is 4.37. The highest BCUT2D eigenvalue weighted by atomic mass is 19.4. The van der Waals surface area contributed by atoms with Crippen LogP contribution in [0.3, 0.4) is 0 Å². The molecule has 3 nitrogen and oxygen atoms in total. The zero-order chi connectivity index (χ0) is 14.9. The van der Waals surface area contributed by atoms with Crippen molar-refractivity contribution in [2.24, 2.45) is 0 Å². The number of carbonyl (C=O) groups is 1. The predicted molar refractivity (Wildman–Crippen MR) is 63.6 cm³/mol. The Balaban J connectivity index is 2.42. The van der Waals surface area contributed by atoms with Gasteiger partial charge >= 0.3 is 12.3 Å². The monoisotopic (exact) mass is 289 g/mol. The first-order valence-corrected chi connectivity index (χ1v) is 5.83. The van der Waals surface area contributed by atoms with Crippen LogP contribution >= 0.6 is 0 Å². The molecule has 0 saturated heterocycles. The first kappa shape index (κ1) is 14.4. The Morgan fingerprint density at radius 1 is 1.30 bits per heavy atom. The van der Waals surface area contributed by atoms with Crippen molar-refractivity contribution in [3.8, 4) is 0 Å². The highest BCUT2D eigenvalue weighted by Crippen LogP contribution is 2.37. The Kier molecular flexibility index (Phi) is 3.69. The van der Waals surface area contributed by atoms with Gasteiger partial charge in [-0.05, 0) is 24.1 Å². The molecule has 1 aromatic carbocycles. The average molecular weight is 289 g/mol. The van der Waals surface area contributed by atoms with Crippen molar-refractivity contribution in [2.45, 2.75) is 12.6 Å². The predicted octanol–water partition coefficient (Wildman–Crippen LogP) is 3.61. The van der Waals surface area contributed by atoms with Crippen LogP contribution in [0, 0.1) is 5.82 Å². The van der Waals surface area contributed by atoms with Crippen molar-refractivity contribution in [2.75, 3.05) is 13.1 Å². The molecule has 1 N–H and O–H groups in total. The van der Waals surface area contributed by atoms with Gasteiger partial charge in [-0.2, -0.15) is 13.2 Å². The van der Waals surface area contributed by atoms with Crippen molar-refractivity contribution in [3.63, 3.8) is 0 Å². The molecule has 0 atom stereocenters. The summed E-state index contributed by atoms with van der Waals surface area (Å²) in [5.41, 5.74) is -1.33. The standard InChI is InChI=1S/C13H11F4NO2/c14-10-3-1-2-9(13(15,16)17)11(10)8-4-6-18(7-5-8)12(19)20/h1-4H,5-7H2,(H,19,20). The van der Waals surface area contributed by atoms with Gasteiger partial charge in [0.1, 0.15) is 5.82 Å². The number of nitrogens with zero attached hydrogens (tertiary/aromatic N) is 1. The number of amides is 1. The summed E-state index contributed by atoms with van der Waals surface area (Å²) in [7, 11) is 0. The smallest absolute Gasteiger partial charge is 0.417 e. The van der Waals surface area contributed by atoms with E-state index in [-0.39, 0.29) is 25.1 Å². The lowest BCUT2D eigenvalue weighted by Gasteiger charge is -2.25. The molecule has 108 valence electrons. The zero-order valence-corrected chi connectivity index (χ0v) is 10.2. The molecule has 0 spiro atoms. The maximum atomic E-state index is 13.7. The molecule has 0 aliphatic carbocycles. The number of hydrogen-bond acceptors (Lipinski definition) is 1. The Labute approximate surface area is 112 Å². The van der Waals surface area contributed by atoms with E-state index in [2.05, 4.69) is 0 Å². The maximum absolute atomic E-state index is 13.7. The number of alkyl halides is 3. The van der Waals surface area contributed by atoms with Crippen molar-refractivity contribution in [1.29, 1.82) is 0 Å². The van der Waals surface area contributed by atoms with Crippen LogP contribution in [-0.4, -0.2) is 29.2 Å². The number of hydrogen-bond donors (Lipinski definition) is 1. The third-order valence-corrected chi connectivity index (χ3v) is 3.12. The fourth-order valence-corrected chi connectivity index (χ4v) is 2.16. The lowest BCUT2D eigenvalue weighted by molar-refractivity contribution is -0.138. The van der Waals surface area contributed by atoms with Crippen LogP contribution in [0.2, 0.25) is 0 Å². The van der Waals surface area contributed by atoms with Crippen molar-refractivity contribution in [1.82, 2.24) is 4.90 Å². The minimum Gasteiger partial charge on any atom is -0.465 e. The number of rotatable bonds is 1. The summed E-state index contributed by atoms with van der Waals surface area (Å²) in [4.78, 5) is 11.8. The second-order valence-corrected chi connectivity index (χ2v) is 4.37. The molecule has 1 aliphatic heterocycles. The second kappa shape index (κ2) is 5.15. The van der Waals surface area contributed by atoms with Crippen LogP contribution < -0.4 is 0 Å². The third-order valence-electron chi connectivity index (χ3n) is 3.12. The quantitative estimate of drug-likeness (QED) is 0.802. The third kappa shape index (κ3) is 2.76. The van der Waals surface area contributed by atoms with E-state index in [0.717, 1.165) is 23.1 Å². The lowest BCUT2D eigenvalue weighted by atomic mass is 9.94. The number of benzene rings is 1. The summed E-state index contributed by atoms with van der Waals surface area (Å²) in [5, 5.41) is 8.78. The lowest BCUT2D eigenvalue weighted by Crippen LogP contribution is -2.33. The molecule has 0 aromatic heterocycles. The van der Waals surface area contributed by atoms with E-state index in [4.69, 9.17) is 5.11 Å². The van der Waals surface area contributed by atoms with Gasteiger partial charge in [0.05, 0.1) is 5.56 Å². The van der Waals surface area contributed by atoms with E-state index >= 15 is 0 Å². The molecular weight excluding hydrogens is 278 g/mol. The van der Waals surface area contributed by atoms with Gasteiger partial charge in [0.15, 0.2) is 0 Å². The molecule has 7 heteroatoms. The summed E-state index contributed by atoms with van der Waals surface area (Å²) in [6, 6.07) is 2.80. The van der Waals surface area contributed by atoms with Gasteiger partial charge in [-0.25, -0.2) is 9.18 Å². The van der Waals surface area contributed by atoms with Crippen molar-refractivity contribution >= 4 is 11.7 Å². The van der Waals surface area contributed by atoms with E-state index in [0.29, 0.717) is 0 Å². The molecule has 1 aromatic rings. The van der Waals surface area contributed by atoms with E-state index < -0.39 is 29.2 Å². The van der Waals surface area contributed by atoms with Crippen LogP contribution in [0.5, 0.6) is 0 Å². The van der Waals surface area contributed by atoms with E-state index in [1.54, 1.807) is 0 Å². The van der Waals surface area contributed by atoms with Gasteiger partial charge in [0.2, 0.25) is 0 Å². The summed E-state index contributed by atoms with van der Waals surface area (Å²) >= 11 is 0. The van der Waals surface area contributed by atoms with Crippen molar-refractivity contribution in [3.05, 3.63) is 41.2 Å². The SMILES string of the molecule is O=C(O)N1CC=C(c2c(F)cccc2C(F)(F)F)CC1.